The van der Waals surface area contributed by atoms with Crippen molar-refractivity contribution in [2.75, 3.05) is 0 Å². The monoisotopic (exact) mass is 242 g/mol. The predicted octanol–water partition coefficient (Wildman–Crippen LogP) is 1.13. The van der Waals surface area contributed by atoms with E-state index in [1.165, 1.54) is 0 Å². The molecule has 0 saturated carbocycles. The van der Waals surface area contributed by atoms with Crippen LogP contribution in [-0.2, 0) is 22.2 Å². The zero-order valence-corrected chi connectivity index (χ0v) is 8.07. The van der Waals surface area contributed by atoms with Crippen LogP contribution in [-0.4, -0.2) is 17.5 Å². The molecule has 0 aromatic heterocycles. The Morgan fingerprint density at radius 2 is 1.21 bits per heavy atom. The van der Waals surface area contributed by atoms with Crippen LogP contribution >= 0.6 is 0 Å². The van der Waals surface area contributed by atoms with Crippen molar-refractivity contribution in [2.24, 2.45) is 0 Å². The maximum absolute atomic E-state index is 12.9. The lowest BCUT2D eigenvalue weighted by Gasteiger charge is -2.01. The van der Waals surface area contributed by atoms with Gasteiger partial charge in [-0.2, -0.15) is 0 Å². The molecule has 0 aliphatic rings. The lowest BCUT2D eigenvalue weighted by molar-refractivity contribution is 0.514. The van der Waals surface area contributed by atoms with Gasteiger partial charge in [0.25, 0.3) is 0 Å². The molecular formula is C6H4F2O4S2. The van der Waals surface area contributed by atoms with Crippen molar-refractivity contribution in [2.45, 2.75) is 9.79 Å². The van der Waals surface area contributed by atoms with Gasteiger partial charge in [-0.15, -0.1) is 0 Å². The van der Waals surface area contributed by atoms with E-state index in [1.807, 2.05) is 0 Å². The van der Waals surface area contributed by atoms with Gasteiger partial charge in [0.1, 0.15) is 21.4 Å². The van der Waals surface area contributed by atoms with Gasteiger partial charge in [0.15, 0.2) is 22.2 Å². The second-order valence-corrected chi connectivity index (χ2v) is 4.09. The topological polar surface area (TPSA) is 74.6 Å². The van der Waals surface area contributed by atoms with Gasteiger partial charge >= 0.3 is 0 Å². The normalized spacial score (nSPS) is 15.1. The minimum Gasteiger partial charge on any atom is -0.302 e. The van der Waals surface area contributed by atoms with E-state index in [0.717, 1.165) is 0 Å². The summed E-state index contributed by atoms with van der Waals surface area (Å²) in [5, 5.41) is 0. The van der Waals surface area contributed by atoms with Crippen molar-refractivity contribution in [3.63, 3.8) is 0 Å². The van der Waals surface area contributed by atoms with Crippen LogP contribution in [0.3, 0.4) is 0 Å². The van der Waals surface area contributed by atoms with Gasteiger partial charge in [-0.05, 0) is 12.1 Å². The summed E-state index contributed by atoms with van der Waals surface area (Å²) in [5.41, 5.74) is 0. The highest BCUT2D eigenvalue weighted by atomic mass is 32.2. The van der Waals surface area contributed by atoms with Gasteiger partial charge in [-0.3, -0.25) is 0 Å². The highest BCUT2D eigenvalue weighted by Gasteiger charge is 2.16. The first kappa shape index (κ1) is 11.4. The number of hydrogen-bond acceptors (Lipinski definition) is 2. The molecule has 0 aliphatic carbocycles. The molecule has 0 heterocycles. The van der Waals surface area contributed by atoms with Gasteiger partial charge in [0.05, 0.1) is 0 Å². The van der Waals surface area contributed by atoms with E-state index in [1.54, 1.807) is 0 Å². The van der Waals surface area contributed by atoms with E-state index in [9.17, 15) is 17.2 Å². The fourth-order valence-electron chi connectivity index (χ4n) is 0.778. The highest BCUT2D eigenvalue weighted by Crippen LogP contribution is 2.19. The van der Waals surface area contributed by atoms with Crippen molar-refractivity contribution in [3.05, 3.63) is 23.8 Å². The van der Waals surface area contributed by atoms with Crippen molar-refractivity contribution < 1.29 is 26.3 Å². The third-order valence-electron chi connectivity index (χ3n) is 1.36. The molecule has 0 spiro atoms. The number of hydrogen-bond donors (Lipinski definition) is 2. The lowest BCUT2D eigenvalue weighted by atomic mass is 10.3. The highest BCUT2D eigenvalue weighted by molar-refractivity contribution is 7.79. The summed E-state index contributed by atoms with van der Waals surface area (Å²) >= 11 is -5.34. The van der Waals surface area contributed by atoms with E-state index in [4.69, 9.17) is 9.11 Å². The molecule has 1 aromatic carbocycles. The smallest absolute Gasteiger partial charge is 0.189 e. The van der Waals surface area contributed by atoms with E-state index < -0.39 is 43.6 Å². The Bertz CT molecular complexity index is 381. The average molecular weight is 242 g/mol. The number of rotatable bonds is 2. The lowest BCUT2D eigenvalue weighted by Crippen LogP contribution is -2.00. The second kappa shape index (κ2) is 4.22. The third-order valence-corrected chi connectivity index (χ3v) is 2.74. The largest absolute Gasteiger partial charge is 0.302 e. The molecule has 0 amide bonds. The van der Waals surface area contributed by atoms with Crippen LogP contribution in [0.4, 0.5) is 8.78 Å². The Morgan fingerprint density at radius 1 is 0.929 bits per heavy atom. The van der Waals surface area contributed by atoms with Crippen LogP contribution in [0.5, 0.6) is 0 Å². The quantitative estimate of drug-likeness (QED) is 0.762. The SMILES string of the molecule is O=S(O)c1cc(F)c(S(=O)O)cc1F. The zero-order valence-electron chi connectivity index (χ0n) is 6.44. The summed E-state index contributed by atoms with van der Waals surface area (Å²) < 4.78 is 63.6. The van der Waals surface area contributed by atoms with Crippen molar-refractivity contribution in [3.8, 4) is 0 Å². The molecule has 1 aromatic rings. The van der Waals surface area contributed by atoms with Gasteiger partial charge in [-0.25, -0.2) is 17.2 Å². The molecule has 0 saturated heterocycles. The standard InChI is InChI=1S/C6H4F2O4S2/c7-3-1-5(13(9)10)4(8)2-6(3)14(11)12/h1-2H,(H,9,10)(H,11,12). The minimum atomic E-state index is -2.67. The maximum atomic E-state index is 12.9. The Balaban J connectivity index is 3.38. The molecular weight excluding hydrogens is 238 g/mol. The molecule has 0 radical (unpaired) electrons. The molecule has 2 unspecified atom stereocenters. The van der Waals surface area contributed by atoms with Crippen molar-refractivity contribution in [1.82, 2.24) is 0 Å². The van der Waals surface area contributed by atoms with Crippen LogP contribution in [0.1, 0.15) is 0 Å². The number of halogens is 2. The van der Waals surface area contributed by atoms with Gasteiger partial charge < -0.3 is 9.11 Å². The summed E-state index contributed by atoms with van der Waals surface area (Å²) in [7, 11) is 0. The molecule has 78 valence electrons. The zero-order chi connectivity index (χ0) is 10.9. The molecule has 2 N–H and O–H groups in total. The second-order valence-electron chi connectivity index (χ2n) is 2.21. The first-order chi connectivity index (χ1) is 6.43. The Hall–Kier alpha value is -0.700. The molecule has 0 bridgehead atoms. The van der Waals surface area contributed by atoms with E-state index >= 15 is 0 Å². The molecule has 2 atom stereocenters. The van der Waals surface area contributed by atoms with E-state index in [2.05, 4.69) is 0 Å². The van der Waals surface area contributed by atoms with Crippen LogP contribution in [0, 0.1) is 11.6 Å². The van der Waals surface area contributed by atoms with Gasteiger partial charge in [0.2, 0.25) is 0 Å². The molecule has 0 aliphatic heterocycles. The molecule has 4 nitrogen and oxygen atoms in total. The summed E-state index contributed by atoms with van der Waals surface area (Å²) in [4.78, 5) is -1.53. The predicted molar refractivity (Wildman–Crippen MR) is 44.4 cm³/mol. The first-order valence-corrected chi connectivity index (χ1v) is 5.35. The summed E-state index contributed by atoms with van der Waals surface area (Å²) in [6.45, 7) is 0. The first-order valence-electron chi connectivity index (χ1n) is 3.14. The van der Waals surface area contributed by atoms with Crippen LogP contribution in [0.2, 0.25) is 0 Å². The molecule has 14 heavy (non-hydrogen) atoms. The minimum absolute atomic E-state index is 0.412. The average Bonchev–Trinajstić information content (AvgIpc) is 2.07. The summed E-state index contributed by atoms with van der Waals surface area (Å²) in [6.07, 6.45) is 0. The molecule has 8 heteroatoms. The van der Waals surface area contributed by atoms with Gasteiger partial charge in [-0.1, -0.05) is 0 Å². The van der Waals surface area contributed by atoms with Crippen molar-refractivity contribution in [1.29, 1.82) is 0 Å². The van der Waals surface area contributed by atoms with Gasteiger partial charge in [0, 0.05) is 0 Å². The Morgan fingerprint density at radius 3 is 1.43 bits per heavy atom. The van der Waals surface area contributed by atoms with Crippen LogP contribution < -0.4 is 0 Å². The maximum Gasteiger partial charge on any atom is 0.189 e. The van der Waals surface area contributed by atoms with Crippen LogP contribution in [0.15, 0.2) is 21.9 Å². The van der Waals surface area contributed by atoms with Crippen molar-refractivity contribution >= 4 is 22.2 Å². The number of benzene rings is 1. The fraction of sp³-hybridized carbons (Fsp3) is 0. The molecule has 0 fully saturated rings. The van der Waals surface area contributed by atoms with E-state index in [-0.39, 0.29) is 0 Å². The Labute approximate surface area is 82.5 Å². The fourth-order valence-corrected chi connectivity index (χ4v) is 1.64. The van der Waals surface area contributed by atoms with E-state index in [0.29, 0.717) is 12.1 Å². The summed E-state index contributed by atoms with van der Waals surface area (Å²) in [5.74, 6) is -2.41. The van der Waals surface area contributed by atoms with Crippen LogP contribution in [0.25, 0.3) is 0 Å². The molecule has 1 rings (SSSR count). The Kier molecular flexibility index (Phi) is 3.43. The third kappa shape index (κ3) is 2.21. The summed E-state index contributed by atoms with van der Waals surface area (Å²) in [6, 6.07) is 0.823.